The Labute approximate surface area is 123 Å². The van der Waals surface area contributed by atoms with E-state index in [0.717, 1.165) is 5.56 Å². The Bertz CT molecular complexity index is 787. The zero-order valence-electron chi connectivity index (χ0n) is 11.9. The van der Waals surface area contributed by atoms with Crippen LogP contribution in [-0.2, 0) is 10.0 Å². The number of sulfonamides is 1. The van der Waals surface area contributed by atoms with Gasteiger partial charge in [0, 0.05) is 11.6 Å². The van der Waals surface area contributed by atoms with Crippen LogP contribution in [0.2, 0.25) is 0 Å². The minimum atomic E-state index is -3.77. The molecule has 0 aliphatic heterocycles. The first-order chi connectivity index (χ1) is 9.86. The smallest absolute Gasteiger partial charge is 0.241 e. The third-order valence-corrected chi connectivity index (χ3v) is 4.83. The largest absolute Gasteiger partial charge is 0.386 e. The Morgan fingerprint density at radius 3 is 2.76 bits per heavy atom. The van der Waals surface area contributed by atoms with Crippen molar-refractivity contribution in [1.82, 2.24) is 9.71 Å². The van der Waals surface area contributed by atoms with E-state index in [-0.39, 0.29) is 10.7 Å². The van der Waals surface area contributed by atoms with Crippen molar-refractivity contribution < 1.29 is 8.42 Å². The minimum Gasteiger partial charge on any atom is -0.386 e. The van der Waals surface area contributed by atoms with Crippen LogP contribution in [0.5, 0.6) is 0 Å². The number of nitrogens with zero attached hydrogens (tertiary/aromatic N) is 1. The molecule has 1 unspecified atom stereocenters. The number of pyridine rings is 1. The van der Waals surface area contributed by atoms with Crippen LogP contribution in [0, 0.1) is 12.3 Å². The molecule has 1 aromatic carbocycles. The molecule has 21 heavy (non-hydrogen) atoms. The van der Waals surface area contributed by atoms with Gasteiger partial charge in [0.2, 0.25) is 10.0 Å². The van der Waals surface area contributed by atoms with E-state index in [1.165, 1.54) is 0 Å². The number of nitrogens with one attached hydrogen (secondary N) is 2. The van der Waals surface area contributed by atoms with E-state index in [4.69, 9.17) is 11.1 Å². The highest BCUT2D eigenvalue weighted by Crippen LogP contribution is 2.24. The number of nitrogens with two attached hydrogens (primary N) is 1. The lowest BCUT2D eigenvalue weighted by molar-refractivity contribution is 0.572. The molecule has 0 spiro atoms. The van der Waals surface area contributed by atoms with E-state index in [1.54, 1.807) is 37.4 Å². The quantitative estimate of drug-likeness (QED) is 0.575. The molecule has 2 aromatic rings. The van der Waals surface area contributed by atoms with Crippen LogP contribution in [0.25, 0.3) is 10.9 Å². The molecule has 7 heteroatoms. The Balaban J connectivity index is 2.56. The number of hydrogen-bond donors (Lipinski definition) is 3. The third kappa shape index (κ3) is 3.03. The fourth-order valence-electron chi connectivity index (χ4n) is 2.14. The molecule has 0 aliphatic carbocycles. The highest BCUT2D eigenvalue weighted by atomic mass is 32.2. The molecule has 4 N–H and O–H groups in total. The van der Waals surface area contributed by atoms with Gasteiger partial charge >= 0.3 is 0 Å². The lowest BCUT2D eigenvalue weighted by Crippen LogP contribution is -2.43. The first-order valence-electron chi connectivity index (χ1n) is 6.57. The van der Waals surface area contributed by atoms with E-state index in [2.05, 4.69) is 9.71 Å². The number of hydrogen-bond acceptors (Lipinski definition) is 4. The van der Waals surface area contributed by atoms with Crippen molar-refractivity contribution in [2.75, 3.05) is 0 Å². The predicted octanol–water partition coefficient (Wildman–Crippen LogP) is 1.54. The summed E-state index contributed by atoms with van der Waals surface area (Å²) >= 11 is 0. The number of aryl methyl sites for hydroxylation is 1. The molecule has 2 rings (SSSR count). The molecule has 1 heterocycles. The van der Waals surface area contributed by atoms with Crippen molar-refractivity contribution in [3.05, 3.63) is 36.0 Å². The van der Waals surface area contributed by atoms with E-state index in [0.29, 0.717) is 17.3 Å². The van der Waals surface area contributed by atoms with Crippen LogP contribution in [0.3, 0.4) is 0 Å². The van der Waals surface area contributed by atoms with Gasteiger partial charge < -0.3 is 5.73 Å². The van der Waals surface area contributed by atoms with E-state index in [1.807, 2.05) is 6.92 Å². The lowest BCUT2D eigenvalue weighted by atomic mass is 10.1. The number of aromatic nitrogens is 1. The molecule has 6 nitrogen and oxygen atoms in total. The lowest BCUT2D eigenvalue weighted by Gasteiger charge is -2.16. The maximum Gasteiger partial charge on any atom is 0.241 e. The van der Waals surface area contributed by atoms with Crippen molar-refractivity contribution in [2.45, 2.75) is 31.2 Å². The van der Waals surface area contributed by atoms with Gasteiger partial charge in [-0.1, -0.05) is 13.0 Å². The summed E-state index contributed by atoms with van der Waals surface area (Å²) in [5, 5.41) is 7.99. The summed E-state index contributed by atoms with van der Waals surface area (Å²) in [7, 11) is -3.77. The van der Waals surface area contributed by atoms with Crippen molar-refractivity contribution in [1.29, 1.82) is 5.41 Å². The van der Waals surface area contributed by atoms with Gasteiger partial charge in [0.15, 0.2) is 0 Å². The van der Waals surface area contributed by atoms with Crippen LogP contribution >= 0.6 is 0 Å². The zero-order valence-corrected chi connectivity index (χ0v) is 12.7. The normalized spacial score (nSPS) is 13.2. The van der Waals surface area contributed by atoms with Crippen molar-refractivity contribution in [3.63, 3.8) is 0 Å². The van der Waals surface area contributed by atoms with Crippen LogP contribution in [0.15, 0.2) is 35.4 Å². The third-order valence-electron chi connectivity index (χ3n) is 3.30. The zero-order chi connectivity index (χ0) is 15.6. The molecule has 0 saturated carbocycles. The van der Waals surface area contributed by atoms with Crippen molar-refractivity contribution >= 4 is 26.8 Å². The highest BCUT2D eigenvalue weighted by Gasteiger charge is 2.23. The standard InChI is InChI=1S/C14H18N4O2S/c1-3-11(14(15)16)18-21(19,20)12-7-6-9(2)13-10(12)5-4-8-17-13/h4-8,11,18H,3H2,1-2H3,(H3,15,16). The highest BCUT2D eigenvalue weighted by molar-refractivity contribution is 7.89. The van der Waals surface area contributed by atoms with Gasteiger partial charge in [0.05, 0.1) is 16.5 Å². The summed E-state index contributed by atoms with van der Waals surface area (Å²) < 4.78 is 27.5. The molecule has 0 bridgehead atoms. The molecular weight excluding hydrogens is 288 g/mol. The van der Waals surface area contributed by atoms with E-state index in [9.17, 15) is 8.42 Å². The van der Waals surface area contributed by atoms with Crippen LogP contribution in [0.4, 0.5) is 0 Å². The van der Waals surface area contributed by atoms with Crippen LogP contribution < -0.4 is 10.5 Å². The van der Waals surface area contributed by atoms with Crippen LogP contribution in [-0.4, -0.2) is 25.3 Å². The monoisotopic (exact) mass is 306 g/mol. The maximum absolute atomic E-state index is 12.5. The van der Waals surface area contributed by atoms with Gasteiger partial charge in [-0.2, -0.15) is 0 Å². The predicted molar refractivity (Wildman–Crippen MR) is 82.8 cm³/mol. The first kappa shape index (κ1) is 15.4. The van der Waals surface area contributed by atoms with Crippen LogP contribution in [0.1, 0.15) is 18.9 Å². The average Bonchev–Trinajstić information content (AvgIpc) is 2.45. The first-order valence-corrected chi connectivity index (χ1v) is 8.05. The Hall–Kier alpha value is -1.99. The molecule has 0 saturated heterocycles. The van der Waals surface area contributed by atoms with Gasteiger partial charge in [-0.3, -0.25) is 10.4 Å². The van der Waals surface area contributed by atoms with Gasteiger partial charge in [0.1, 0.15) is 5.84 Å². The second kappa shape index (κ2) is 5.79. The molecule has 0 fully saturated rings. The van der Waals surface area contributed by atoms with Gasteiger partial charge in [-0.15, -0.1) is 0 Å². The molecular formula is C14H18N4O2S. The van der Waals surface area contributed by atoms with E-state index >= 15 is 0 Å². The number of benzene rings is 1. The molecule has 0 amide bonds. The van der Waals surface area contributed by atoms with E-state index < -0.39 is 16.1 Å². The fourth-order valence-corrected chi connectivity index (χ4v) is 3.64. The molecule has 0 radical (unpaired) electrons. The second-order valence-corrected chi connectivity index (χ2v) is 6.50. The number of amidine groups is 1. The summed E-state index contributed by atoms with van der Waals surface area (Å²) in [6, 6.07) is 5.98. The second-order valence-electron chi connectivity index (χ2n) is 4.82. The number of fused-ring (bicyclic) bond motifs is 1. The number of rotatable bonds is 5. The van der Waals surface area contributed by atoms with Crippen molar-refractivity contribution in [3.8, 4) is 0 Å². The summed E-state index contributed by atoms with van der Waals surface area (Å²) in [6.45, 7) is 3.65. The van der Waals surface area contributed by atoms with Gasteiger partial charge in [-0.25, -0.2) is 13.1 Å². The molecule has 1 atom stereocenters. The molecule has 0 aliphatic rings. The average molecular weight is 306 g/mol. The summed E-state index contributed by atoms with van der Waals surface area (Å²) in [5.74, 6) is -0.199. The molecule has 112 valence electrons. The summed E-state index contributed by atoms with van der Waals surface area (Å²) in [4.78, 5) is 4.38. The Kier molecular flexibility index (Phi) is 4.24. The Morgan fingerprint density at radius 2 is 2.14 bits per heavy atom. The SMILES string of the molecule is CCC(NS(=O)(=O)c1ccc(C)c2ncccc12)C(=N)N. The minimum absolute atomic E-state index is 0.149. The van der Waals surface area contributed by atoms with Crippen molar-refractivity contribution in [2.24, 2.45) is 5.73 Å². The fraction of sp³-hybridized carbons (Fsp3) is 0.286. The topological polar surface area (TPSA) is 109 Å². The van der Waals surface area contributed by atoms with Gasteiger partial charge in [-0.05, 0) is 37.1 Å². The maximum atomic E-state index is 12.5. The Morgan fingerprint density at radius 1 is 1.43 bits per heavy atom. The summed E-state index contributed by atoms with van der Waals surface area (Å²) in [6.07, 6.45) is 2.04. The van der Waals surface area contributed by atoms with Gasteiger partial charge in [0.25, 0.3) is 0 Å². The summed E-state index contributed by atoms with van der Waals surface area (Å²) in [5.41, 5.74) is 6.97. The molecule has 1 aromatic heterocycles.